The van der Waals surface area contributed by atoms with Crippen LogP contribution in [0.25, 0.3) is 0 Å². The number of nitrogens with zero attached hydrogens (tertiary/aromatic N) is 2. The lowest BCUT2D eigenvalue weighted by atomic mass is 10.3. The van der Waals surface area contributed by atoms with Crippen molar-refractivity contribution < 1.29 is 4.74 Å². The minimum Gasteiger partial charge on any atom is -0.380 e. The highest BCUT2D eigenvalue weighted by atomic mass is 16.5. The van der Waals surface area contributed by atoms with E-state index in [1.807, 2.05) is 25.6 Å². The van der Waals surface area contributed by atoms with Gasteiger partial charge in [-0.15, -0.1) is 0 Å². The zero-order valence-corrected chi connectivity index (χ0v) is 9.21. The largest absolute Gasteiger partial charge is 0.380 e. The molecule has 0 radical (unpaired) electrons. The smallest absolute Gasteiger partial charge is 0.0597 e. The molecule has 80 valence electrons. The van der Waals surface area contributed by atoms with Crippen molar-refractivity contribution in [1.29, 1.82) is 0 Å². The van der Waals surface area contributed by atoms with Crippen LogP contribution in [0.4, 0.5) is 0 Å². The number of hydrogen-bond donors (Lipinski definition) is 1. The van der Waals surface area contributed by atoms with Crippen molar-refractivity contribution in [3.63, 3.8) is 0 Å². The molecule has 0 atom stereocenters. The van der Waals surface area contributed by atoms with E-state index in [-0.39, 0.29) is 0 Å². The lowest BCUT2D eigenvalue weighted by Crippen LogP contribution is -2.20. The molecule has 0 saturated carbocycles. The van der Waals surface area contributed by atoms with Crippen LogP contribution >= 0.6 is 0 Å². The van der Waals surface area contributed by atoms with Crippen LogP contribution in [-0.2, 0) is 18.3 Å². The van der Waals surface area contributed by atoms with E-state index in [9.17, 15) is 0 Å². The van der Waals surface area contributed by atoms with Crippen molar-refractivity contribution in [2.45, 2.75) is 20.4 Å². The van der Waals surface area contributed by atoms with Gasteiger partial charge < -0.3 is 10.1 Å². The van der Waals surface area contributed by atoms with E-state index in [4.69, 9.17) is 4.74 Å². The molecule has 0 aliphatic rings. The van der Waals surface area contributed by atoms with Gasteiger partial charge in [0, 0.05) is 26.7 Å². The summed E-state index contributed by atoms with van der Waals surface area (Å²) in [6.07, 6.45) is 0. The molecule has 0 saturated heterocycles. The summed E-state index contributed by atoms with van der Waals surface area (Å²) >= 11 is 0. The Morgan fingerprint density at radius 3 is 2.93 bits per heavy atom. The molecule has 0 amide bonds. The van der Waals surface area contributed by atoms with E-state index in [0.29, 0.717) is 0 Å². The molecule has 0 aliphatic carbocycles. The zero-order chi connectivity index (χ0) is 10.4. The number of aryl methyl sites for hydroxylation is 2. The fraction of sp³-hybridized carbons (Fsp3) is 0.700. The number of nitrogens with one attached hydrogen (secondary N) is 1. The van der Waals surface area contributed by atoms with Gasteiger partial charge in [-0.05, 0) is 19.9 Å². The first kappa shape index (κ1) is 11.2. The average Bonchev–Trinajstić information content (AvgIpc) is 2.45. The van der Waals surface area contributed by atoms with Gasteiger partial charge in [0.25, 0.3) is 0 Å². The number of aromatic nitrogens is 2. The minimum absolute atomic E-state index is 0.771. The summed E-state index contributed by atoms with van der Waals surface area (Å²) < 4.78 is 7.13. The third kappa shape index (κ3) is 3.47. The molecule has 0 unspecified atom stereocenters. The molecule has 14 heavy (non-hydrogen) atoms. The van der Waals surface area contributed by atoms with Crippen molar-refractivity contribution >= 4 is 0 Å². The molecule has 1 heterocycles. The minimum atomic E-state index is 0.771. The summed E-state index contributed by atoms with van der Waals surface area (Å²) in [4.78, 5) is 0. The highest BCUT2D eigenvalue weighted by molar-refractivity contribution is 5.08. The third-order valence-electron chi connectivity index (χ3n) is 2.03. The maximum Gasteiger partial charge on any atom is 0.0597 e. The lowest BCUT2D eigenvalue weighted by molar-refractivity contribution is 0.149. The number of rotatable bonds is 6. The first-order valence-corrected chi connectivity index (χ1v) is 5.02. The summed E-state index contributed by atoms with van der Waals surface area (Å²) in [5, 5.41) is 7.58. The standard InChI is InChI=1S/C10H19N3O/c1-4-14-6-5-11-8-10-7-9(2)12-13(10)3/h7,11H,4-6,8H2,1-3H3. The number of ether oxygens (including phenoxy) is 1. The van der Waals surface area contributed by atoms with Gasteiger partial charge in [0.1, 0.15) is 0 Å². The van der Waals surface area contributed by atoms with Crippen LogP contribution < -0.4 is 5.32 Å². The van der Waals surface area contributed by atoms with Crippen LogP contribution in [0.5, 0.6) is 0 Å². The van der Waals surface area contributed by atoms with Gasteiger partial charge in [-0.1, -0.05) is 0 Å². The van der Waals surface area contributed by atoms with Crippen LogP contribution in [0.1, 0.15) is 18.3 Å². The zero-order valence-electron chi connectivity index (χ0n) is 9.21. The highest BCUT2D eigenvalue weighted by Gasteiger charge is 2.00. The maximum atomic E-state index is 5.22. The first-order valence-electron chi connectivity index (χ1n) is 5.02. The maximum absolute atomic E-state index is 5.22. The Morgan fingerprint density at radius 2 is 2.36 bits per heavy atom. The van der Waals surface area contributed by atoms with E-state index in [1.54, 1.807) is 0 Å². The van der Waals surface area contributed by atoms with Crippen molar-refractivity contribution in [1.82, 2.24) is 15.1 Å². The Morgan fingerprint density at radius 1 is 1.57 bits per heavy atom. The average molecular weight is 197 g/mol. The highest BCUT2D eigenvalue weighted by Crippen LogP contribution is 2.00. The third-order valence-corrected chi connectivity index (χ3v) is 2.03. The fourth-order valence-corrected chi connectivity index (χ4v) is 1.33. The predicted molar refractivity (Wildman–Crippen MR) is 56.1 cm³/mol. The summed E-state index contributed by atoms with van der Waals surface area (Å²) in [6, 6.07) is 2.09. The summed E-state index contributed by atoms with van der Waals surface area (Å²) in [5.74, 6) is 0. The molecule has 0 aliphatic heterocycles. The molecular weight excluding hydrogens is 178 g/mol. The molecule has 1 aromatic heterocycles. The van der Waals surface area contributed by atoms with Gasteiger partial charge in [-0.3, -0.25) is 4.68 Å². The van der Waals surface area contributed by atoms with Crippen molar-refractivity contribution in [2.75, 3.05) is 19.8 Å². The van der Waals surface area contributed by atoms with Gasteiger partial charge in [0.2, 0.25) is 0 Å². The topological polar surface area (TPSA) is 39.1 Å². The van der Waals surface area contributed by atoms with Crippen molar-refractivity contribution in [2.24, 2.45) is 7.05 Å². The first-order chi connectivity index (χ1) is 6.74. The molecule has 0 bridgehead atoms. The molecule has 1 aromatic rings. The van der Waals surface area contributed by atoms with Crippen molar-refractivity contribution in [3.05, 3.63) is 17.5 Å². The normalized spacial score (nSPS) is 10.8. The van der Waals surface area contributed by atoms with Crippen LogP contribution in [0, 0.1) is 6.92 Å². The Kier molecular flexibility index (Phi) is 4.62. The predicted octanol–water partition coefficient (Wildman–Crippen LogP) is 0.855. The summed E-state index contributed by atoms with van der Waals surface area (Å²) in [7, 11) is 1.96. The summed E-state index contributed by atoms with van der Waals surface area (Å²) in [6.45, 7) is 7.30. The van der Waals surface area contributed by atoms with Crippen molar-refractivity contribution in [3.8, 4) is 0 Å². The molecule has 4 heteroatoms. The van der Waals surface area contributed by atoms with E-state index in [2.05, 4.69) is 16.5 Å². The number of hydrogen-bond acceptors (Lipinski definition) is 3. The molecule has 0 fully saturated rings. The van der Waals surface area contributed by atoms with Gasteiger partial charge in [0.05, 0.1) is 18.0 Å². The van der Waals surface area contributed by atoms with E-state index in [1.165, 1.54) is 5.69 Å². The second-order valence-corrected chi connectivity index (χ2v) is 3.27. The molecule has 0 spiro atoms. The molecule has 1 N–H and O–H groups in total. The Bertz CT molecular complexity index is 270. The molecule has 0 aromatic carbocycles. The summed E-state index contributed by atoms with van der Waals surface area (Å²) in [5.41, 5.74) is 2.27. The molecule has 4 nitrogen and oxygen atoms in total. The second kappa shape index (κ2) is 5.78. The van der Waals surface area contributed by atoms with Crippen LogP contribution in [0.15, 0.2) is 6.07 Å². The van der Waals surface area contributed by atoms with E-state index < -0.39 is 0 Å². The van der Waals surface area contributed by atoms with Crippen LogP contribution in [0.2, 0.25) is 0 Å². The van der Waals surface area contributed by atoms with Crippen LogP contribution in [-0.4, -0.2) is 29.5 Å². The second-order valence-electron chi connectivity index (χ2n) is 3.27. The Hall–Kier alpha value is -0.870. The quantitative estimate of drug-likeness (QED) is 0.687. The monoisotopic (exact) mass is 197 g/mol. The van der Waals surface area contributed by atoms with Gasteiger partial charge in [0.15, 0.2) is 0 Å². The molecule has 1 rings (SSSR count). The SMILES string of the molecule is CCOCCNCc1cc(C)nn1C. The van der Waals surface area contributed by atoms with Crippen LogP contribution in [0.3, 0.4) is 0 Å². The van der Waals surface area contributed by atoms with E-state index in [0.717, 1.165) is 32.0 Å². The lowest BCUT2D eigenvalue weighted by Gasteiger charge is -2.04. The van der Waals surface area contributed by atoms with Gasteiger partial charge in [-0.25, -0.2) is 0 Å². The molecular formula is C10H19N3O. The van der Waals surface area contributed by atoms with E-state index >= 15 is 0 Å². The fourth-order valence-electron chi connectivity index (χ4n) is 1.33. The Balaban J connectivity index is 2.21. The Labute approximate surface area is 85.3 Å². The van der Waals surface area contributed by atoms with Gasteiger partial charge in [-0.2, -0.15) is 5.10 Å². The van der Waals surface area contributed by atoms with Gasteiger partial charge >= 0.3 is 0 Å².